The van der Waals surface area contributed by atoms with Gasteiger partial charge in [0.05, 0.1) is 22.8 Å². The molecular formula is C14H12ClN3O2S2. The van der Waals surface area contributed by atoms with Crippen molar-refractivity contribution in [2.24, 2.45) is 7.05 Å². The van der Waals surface area contributed by atoms with Crippen LogP contribution in [0.2, 0.25) is 5.02 Å². The molecule has 5 nitrogen and oxygen atoms in total. The van der Waals surface area contributed by atoms with Gasteiger partial charge in [0.15, 0.2) is 11.0 Å². The molecule has 3 rings (SSSR count). The lowest BCUT2D eigenvalue weighted by Gasteiger charge is -2.02. The minimum Gasteiger partial charge on any atom is -0.468 e. The summed E-state index contributed by atoms with van der Waals surface area (Å²) < 4.78 is 7.57. The maximum Gasteiger partial charge on any atom is 0.316 e. The van der Waals surface area contributed by atoms with Gasteiger partial charge in [-0.25, -0.2) is 0 Å². The van der Waals surface area contributed by atoms with E-state index in [2.05, 4.69) is 14.9 Å². The average molecular weight is 354 g/mol. The van der Waals surface area contributed by atoms with Crippen LogP contribution in [0, 0.1) is 0 Å². The summed E-state index contributed by atoms with van der Waals surface area (Å²) in [6.45, 7) is 0. The predicted octanol–water partition coefficient (Wildman–Crippen LogP) is 3.62. The summed E-state index contributed by atoms with van der Waals surface area (Å²) >= 11 is 9.33. The Morgan fingerprint density at radius 2 is 2.18 bits per heavy atom. The molecule has 0 aliphatic heterocycles. The van der Waals surface area contributed by atoms with Crippen molar-refractivity contribution in [1.82, 2.24) is 14.8 Å². The lowest BCUT2D eigenvalue weighted by molar-refractivity contribution is -0.137. The van der Waals surface area contributed by atoms with Crippen LogP contribution in [0.25, 0.3) is 20.8 Å². The number of aromatic nitrogens is 3. The van der Waals surface area contributed by atoms with Gasteiger partial charge < -0.3 is 9.30 Å². The molecule has 0 saturated heterocycles. The van der Waals surface area contributed by atoms with Crippen LogP contribution in [0.4, 0.5) is 0 Å². The highest BCUT2D eigenvalue weighted by molar-refractivity contribution is 7.99. The zero-order chi connectivity index (χ0) is 15.7. The Morgan fingerprint density at radius 1 is 1.41 bits per heavy atom. The topological polar surface area (TPSA) is 57.0 Å². The van der Waals surface area contributed by atoms with E-state index in [-0.39, 0.29) is 11.7 Å². The number of fused-ring (bicyclic) bond motifs is 1. The number of thioether (sulfide) groups is 1. The van der Waals surface area contributed by atoms with Gasteiger partial charge in [0.2, 0.25) is 0 Å². The molecule has 0 fully saturated rings. The Bertz CT molecular complexity index is 844. The Morgan fingerprint density at radius 3 is 2.91 bits per heavy atom. The molecule has 0 atom stereocenters. The molecule has 22 heavy (non-hydrogen) atoms. The Labute approximate surface area is 140 Å². The summed E-state index contributed by atoms with van der Waals surface area (Å²) in [5.41, 5.74) is 0. The molecular weight excluding hydrogens is 342 g/mol. The zero-order valence-electron chi connectivity index (χ0n) is 11.9. The van der Waals surface area contributed by atoms with Gasteiger partial charge in [-0.2, -0.15) is 0 Å². The van der Waals surface area contributed by atoms with E-state index in [4.69, 9.17) is 11.6 Å². The number of nitrogens with zero attached hydrogens (tertiary/aromatic N) is 3. The number of rotatable bonds is 4. The summed E-state index contributed by atoms with van der Waals surface area (Å²) in [6, 6.07) is 7.95. The van der Waals surface area contributed by atoms with Gasteiger partial charge in [0, 0.05) is 17.1 Å². The van der Waals surface area contributed by atoms with Crippen molar-refractivity contribution in [1.29, 1.82) is 0 Å². The smallest absolute Gasteiger partial charge is 0.316 e. The molecule has 0 amide bonds. The van der Waals surface area contributed by atoms with Crippen LogP contribution in [0.1, 0.15) is 0 Å². The number of halogens is 1. The average Bonchev–Trinajstić information content (AvgIpc) is 3.06. The van der Waals surface area contributed by atoms with E-state index in [1.165, 1.54) is 18.9 Å². The van der Waals surface area contributed by atoms with Gasteiger partial charge in [0.25, 0.3) is 0 Å². The third-order valence-corrected chi connectivity index (χ3v) is 5.78. The van der Waals surface area contributed by atoms with Crippen molar-refractivity contribution in [2.75, 3.05) is 12.9 Å². The summed E-state index contributed by atoms with van der Waals surface area (Å²) in [6.07, 6.45) is 0. The normalized spacial score (nSPS) is 11.0. The second kappa shape index (κ2) is 6.28. The number of carbonyl (C=O) groups excluding carboxylic acids is 1. The molecule has 0 unspecified atom stereocenters. The highest BCUT2D eigenvalue weighted by atomic mass is 35.5. The van der Waals surface area contributed by atoms with Crippen molar-refractivity contribution in [3.63, 3.8) is 0 Å². The lowest BCUT2D eigenvalue weighted by atomic mass is 10.2. The van der Waals surface area contributed by atoms with E-state index in [0.29, 0.717) is 16.0 Å². The number of thiophene rings is 1. The number of benzene rings is 1. The fourth-order valence-corrected chi connectivity index (χ4v) is 4.26. The largest absolute Gasteiger partial charge is 0.468 e. The summed E-state index contributed by atoms with van der Waals surface area (Å²) in [4.78, 5) is 12.1. The lowest BCUT2D eigenvalue weighted by Crippen LogP contribution is -2.04. The Hall–Kier alpha value is -1.57. The van der Waals surface area contributed by atoms with Gasteiger partial charge in [-0.15, -0.1) is 21.5 Å². The molecule has 0 aliphatic carbocycles. The molecule has 2 heterocycles. The summed E-state index contributed by atoms with van der Waals surface area (Å²) in [7, 11) is 3.22. The van der Waals surface area contributed by atoms with Crippen LogP contribution in [0.5, 0.6) is 0 Å². The minimum atomic E-state index is -0.297. The molecule has 2 aromatic heterocycles. The SMILES string of the molecule is COC(=O)CSc1nnc(-c2sc3ccccc3c2Cl)n1C. The first-order chi connectivity index (χ1) is 10.6. The van der Waals surface area contributed by atoms with Crippen molar-refractivity contribution >= 4 is 50.8 Å². The molecule has 0 aliphatic rings. The molecule has 0 spiro atoms. The fourth-order valence-electron chi connectivity index (χ4n) is 1.98. The third-order valence-electron chi connectivity index (χ3n) is 3.12. The first-order valence-corrected chi connectivity index (χ1v) is 8.56. The van der Waals surface area contributed by atoms with Crippen LogP contribution in [-0.2, 0) is 16.6 Å². The summed E-state index contributed by atoms with van der Waals surface area (Å²) in [5.74, 6) is 0.593. The van der Waals surface area contributed by atoms with Crippen molar-refractivity contribution in [3.8, 4) is 10.7 Å². The first kappa shape index (κ1) is 15.3. The van der Waals surface area contributed by atoms with E-state index < -0.39 is 0 Å². The Kier molecular flexibility index (Phi) is 4.37. The second-order valence-electron chi connectivity index (χ2n) is 4.47. The molecule has 0 bridgehead atoms. The van der Waals surface area contributed by atoms with E-state index >= 15 is 0 Å². The minimum absolute atomic E-state index is 0.197. The zero-order valence-corrected chi connectivity index (χ0v) is 14.3. The summed E-state index contributed by atoms with van der Waals surface area (Å²) in [5, 5.41) is 10.7. The maximum absolute atomic E-state index is 11.2. The molecule has 0 radical (unpaired) electrons. The monoisotopic (exact) mass is 353 g/mol. The van der Waals surface area contributed by atoms with Crippen molar-refractivity contribution in [3.05, 3.63) is 29.3 Å². The van der Waals surface area contributed by atoms with Crippen molar-refractivity contribution < 1.29 is 9.53 Å². The number of carbonyl (C=O) groups is 1. The van der Waals surface area contributed by atoms with E-state index in [1.807, 2.05) is 35.9 Å². The van der Waals surface area contributed by atoms with Crippen LogP contribution < -0.4 is 0 Å². The maximum atomic E-state index is 11.2. The van der Waals surface area contributed by atoms with Gasteiger partial charge >= 0.3 is 5.97 Å². The number of methoxy groups -OCH3 is 1. The first-order valence-electron chi connectivity index (χ1n) is 6.38. The number of hydrogen-bond acceptors (Lipinski definition) is 6. The highest BCUT2D eigenvalue weighted by Gasteiger charge is 2.19. The van der Waals surface area contributed by atoms with E-state index in [0.717, 1.165) is 15.0 Å². The highest BCUT2D eigenvalue weighted by Crippen LogP contribution is 2.41. The quantitative estimate of drug-likeness (QED) is 0.529. The van der Waals surface area contributed by atoms with Crippen LogP contribution in [0.3, 0.4) is 0 Å². The predicted molar refractivity (Wildman–Crippen MR) is 89.6 cm³/mol. The fraction of sp³-hybridized carbons (Fsp3) is 0.214. The van der Waals surface area contributed by atoms with E-state index in [9.17, 15) is 4.79 Å². The number of ether oxygens (including phenoxy) is 1. The van der Waals surface area contributed by atoms with Gasteiger partial charge in [-0.1, -0.05) is 41.6 Å². The molecule has 0 N–H and O–H groups in total. The van der Waals surface area contributed by atoms with Crippen molar-refractivity contribution in [2.45, 2.75) is 5.16 Å². The van der Waals surface area contributed by atoms with Crippen LogP contribution in [-0.4, -0.2) is 33.6 Å². The number of hydrogen-bond donors (Lipinski definition) is 0. The van der Waals surface area contributed by atoms with Gasteiger partial charge in [-0.3, -0.25) is 4.79 Å². The standard InChI is InChI=1S/C14H12ClN3O2S2/c1-18-13(16-17-14(18)21-7-10(19)20-2)12-11(15)8-5-3-4-6-9(8)22-12/h3-6H,7H2,1-2H3. The third kappa shape index (κ3) is 2.71. The molecule has 3 aromatic rings. The number of esters is 1. The van der Waals surface area contributed by atoms with Gasteiger partial charge in [-0.05, 0) is 6.07 Å². The molecule has 1 aromatic carbocycles. The van der Waals surface area contributed by atoms with Crippen LogP contribution >= 0.6 is 34.7 Å². The Balaban J connectivity index is 1.96. The molecule has 8 heteroatoms. The van der Waals surface area contributed by atoms with Crippen LogP contribution in [0.15, 0.2) is 29.4 Å². The second-order valence-corrected chi connectivity index (χ2v) is 6.84. The van der Waals surface area contributed by atoms with E-state index in [1.54, 1.807) is 11.3 Å². The molecule has 0 saturated carbocycles. The van der Waals surface area contributed by atoms with Gasteiger partial charge in [0.1, 0.15) is 0 Å². The molecule has 114 valence electrons.